The van der Waals surface area contributed by atoms with Crippen molar-refractivity contribution in [2.75, 3.05) is 39.8 Å². The van der Waals surface area contributed by atoms with Crippen LogP contribution in [-0.4, -0.2) is 61.4 Å². The molecule has 0 aromatic carbocycles. The maximum atomic E-state index is 12.2. The Morgan fingerprint density at radius 2 is 1.95 bits per heavy atom. The van der Waals surface area contributed by atoms with Crippen molar-refractivity contribution in [1.82, 2.24) is 15.1 Å². The highest BCUT2D eigenvalue weighted by molar-refractivity contribution is 5.85. The average molecular weight is 304 g/mol. The van der Waals surface area contributed by atoms with Gasteiger partial charge in [-0.05, 0) is 45.2 Å². The van der Waals surface area contributed by atoms with E-state index in [1.807, 2.05) is 11.9 Å². The van der Waals surface area contributed by atoms with Gasteiger partial charge in [-0.1, -0.05) is 0 Å². The number of hydrogen-bond donors (Lipinski definition) is 1. The van der Waals surface area contributed by atoms with E-state index >= 15 is 0 Å². The molecule has 1 N–H and O–H groups in total. The highest BCUT2D eigenvalue weighted by Crippen LogP contribution is 2.17. The summed E-state index contributed by atoms with van der Waals surface area (Å²) in [4.78, 5) is 27.5. The largest absolute Gasteiger partial charge is 0.341 e. The molecule has 2 rings (SSSR count). The Balaban J connectivity index is 0.00000200. The van der Waals surface area contributed by atoms with Crippen LogP contribution >= 0.6 is 12.4 Å². The SMILES string of the molecule is CNCC1CCN(C(=O)CN2CCCCC2=O)CC1.Cl. The van der Waals surface area contributed by atoms with Gasteiger partial charge in [-0.25, -0.2) is 0 Å². The third-order valence-electron chi connectivity index (χ3n) is 4.21. The summed E-state index contributed by atoms with van der Waals surface area (Å²) in [6.45, 7) is 3.75. The lowest BCUT2D eigenvalue weighted by Gasteiger charge is -2.34. The van der Waals surface area contributed by atoms with Crippen LogP contribution in [0.4, 0.5) is 0 Å². The van der Waals surface area contributed by atoms with Gasteiger partial charge in [-0.2, -0.15) is 0 Å². The van der Waals surface area contributed by atoms with Crippen LogP contribution < -0.4 is 5.32 Å². The van der Waals surface area contributed by atoms with Crippen molar-refractivity contribution in [3.63, 3.8) is 0 Å². The van der Waals surface area contributed by atoms with Gasteiger partial charge < -0.3 is 15.1 Å². The fraction of sp³-hybridized carbons (Fsp3) is 0.857. The van der Waals surface area contributed by atoms with E-state index in [9.17, 15) is 9.59 Å². The van der Waals surface area contributed by atoms with Gasteiger partial charge in [-0.15, -0.1) is 12.4 Å². The molecule has 0 atom stereocenters. The first-order valence-electron chi connectivity index (χ1n) is 7.41. The number of nitrogens with one attached hydrogen (secondary N) is 1. The van der Waals surface area contributed by atoms with Crippen molar-refractivity contribution in [3.8, 4) is 0 Å². The lowest BCUT2D eigenvalue weighted by Crippen LogP contribution is -2.47. The summed E-state index contributed by atoms with van der Waals surface area (Å²) in [6, 6.07) is 0. The van der Waals surface area contributed by atoms with Gasteiger partial charge in [0.15, 0.2) is 0 Å². The molecule has 2 heterocycles. The highest BCUT2D eigenvalue weighted by Gasteiger charge is 2.26. The standard InChI is InChI=1S/C14H25N3O2.ClH/c1-15-10-12-5-8-16(9-6-12)14(19)11-17-7-3-2-4-13(17)18;/h12,15H,2-11H2,1H3;1H. The van der Waals surface area contributed by atoms with E-state index in [-0.39, 0.29) is 30.8 Å². The number of carbonyl (C=O) groups excluding carboxylic acids is 2. The van der Waals surface area contributed by atoms with E-state index in [4.69, 9.17) is 0 Å². The Hall–Kier alpha value is -0.810. The Bertz CT molecular complexity index is 330. The van der Waals surface area contributed by atoms with Crippen LogP contribution in [0.2, 0.25) is 0 Å². The van der Waals surface area contributed by atoms with Crippen molar-refractivity contribution in [2.24, 2.45) is 5.92 Å². The molecule has 0 unspecified atom stereocenters. The van der Waals surface area contributed by atoms with Crippen molar-refractivity contribution < 1.29 is 9.59 Å². The molecule has 2 aliphatic heterocycles. The molecule has 116 valence electrons. The lowest BCUT2D eigenvalue weighted by atomic mass is 9.97. The minimum atomic E-state index is 0. The summed E-state index contributed by atoms with van der Waals surface area (Å²) < 4.78 is 0. The van der Waals surface area contributed by atoms with Crippen molar-refractivity contribution in [3.05, 3.63) is 0 Å². The van der Waals surface area contributed by atoms with Gasteiger partial charge in [0.1, 0.15) is 0 Å². The predicted molar refractivity (Wildman–Crippen MR) is 80.9 cm³/mol. The third-order valence-corrected chi connectivity index (χ3v) is 4.21. The monoisotopic (exact) mass is 303 g/mol. The Morgan fingerprint density at radius 1 is 1.25 bits per heavy atom. The highest BCUT2D eigenvalue weighted by atomic mass is 35.5. The summed E-state index contributed by atoms with van der Waals surface area (Å²) in [7, 11) is 1.97. The molecule has 0 aliphatic carbocycles. The summed E-state index contributed by atoms with van der Waals surface area (Å²) in [5, 5.41) is 3.20. The van der Waals surface area contributed by atoms with Crippen LogP contribution in [0.25, 0.3) is 0 Å². The second-order valence-electron chi connectivity index (χ2n) is 5.65. The molecule has 0 saturated carbocycles. The number of nitrogens with zero attached hydrogens (tertiary/aromatic N) is 2. The molecular formula is C14H26ClN3O2. The van der Waals surface area contributed by atoms with Gasteiger partial charge in [-0.3, -0.25) is 9.59 Å². The van der Waals surface area contributed by atoms with E-state index < -0.39 is 0 Å². The molecule has 0 aromatic rings. The Labute approximate surface area is 127 Å². The minimum absolute atomic E-state index is 0. The molecule has 0 aromatic heterocycles. The summed E-state index contributed by atoms with van der Waals surface area (Å²) in [5.74, 6) is 0.952. The molecule has 0 spiro atoms. The molecule has 2 fully saturated rings. The summed E-state index contributed by atoms with van der Waals surface area (Å²) >= 11 is 0. The zero-order valence-electron chi connectivity index (χ0n) is 12.3. The smallest absolute Gasteiger partial charge is 0.242 e. The van der Waals surface area contributed by atoms with Crippen LogP contribution in [0.5, 0.6) is 0 Å². The Morgan fingerprint density at radius 3 is 2.55 bits per heavy atom. The first-order valence-corrected chi connectivity index (χ1v) is 7.41. The lowest BCUT2D eigenvalue weighted by molar-refractivity contribution is -0.142. The van der Waals surface area contributed by atoms with Crippen molar-refractivity contribution in [2.45, 2.75) is 32.1 Å². The van der Waals surface area contributed by atoms with Gasteiger partial charge in [0.25, 0.3) is 0 Å². The maximum absolute atomic E-state index is 12.2. The van der Waals surface area contributed by atoms with Crippen LogP contribution in [0, 0.1) is 5.92 Å². The topological polar surface area (TPSA) is 52.7 Å². The van der Waals surface area contributed by atoms with Crippen molar-refractivity contribution >= 4 is 24.2 Å². The number of hydrogen-bond acceptors (Lipinski definition) is 3. The zero-order chi connectivity index (χ0) is 13.7. The fourth-order valence-electron chi connectivity index (χ4n) is 2.97. The van der Waals surface area contributed by atoms with Crippen LogP contribution in [0.15, 0.2) is 0 Å². The minimum Gasteiger partial charge on any atom is -0.341 e. The average Bonchev–Trinajstić information content (AvgIpc) is 2.42. The number of likely N-dealkylation sites (tertiary alicyclic amines) is 2. The molecule has 5 nitrogen and oxygen atoms in total. The van der Waals surface area contributed by atoms with E-state index in [1.165, 1.54) is 0 Å². The quantitative estimate of drug-likeness (QED) is 0.839. The zero-order valence-corrected chi connectivity index (χ0v) is 13.1. The summed E-state index contributed by atoms with van der Waals surface area (Å²) in [5.41, 5.74) is 0. The molecule has 6 heteroatoms. The first kappa shape index (κ1) is 17.2. The second kappa shape index (κ2) is 8.47. The van der Waals surface area contributed by atoms with Gasteiger partial charge in [0.05, 0.1) is 6.54 Å². The normalized spacial score (nSPS) is 20.8. The molecular weight excluding hydrogens is 278 g/mol. The number of halogens is 1. The van der Waals surface area contributed by atoms with E-state index in [1.54, 1.807) is 4.90 Å². The number of piperidine rings is 2. The maximum Gasteiger partial charge on any atom is 0.242 e. The number of rotatable bonds is 4. The Kier molecular flexibility index (Phi) is 7.30. The van der Waals surface area contributed by atoms with E-state index in [2.05, 4.69) is 5.32 Å². The van der Waals surface area contributed by atoms with Gasteiger partial charge >= 0.3 is 0 Å². The number of carbonyl (C=O) groups is 2. The number of amides is 2. The fourth-order valence-corrected chi connectivity index (χ4v) is 2.97. The molecule has 0 bridgehead atoms. The predicted octanol–water partition coefficient (Wildman–Crippen LogP) is 0.879. The van der Waals surface area contributed by atoms with Crippen molar-refractivity contribution in [1.29, 1.82) is 0 Å². The van der Waals surface area contributed by atoms with Gasteiger partial charge in [0.2, 0.25) is 11.8 Å². The van der Waals surface area contributed by atoms with Crippen LogP contribution in [0.3, 0.4) is 0 Å². The third kappa shape index (κ3) is 4.63. The van der Waals surface area contributed by atoms with E-state index in [0.29, 0.717) is 12.3 Å². The van der Waals surface area contributed by atoms with Crippen LogP contribution in [-0.2, 0) is 9.59 Å². The molecule has 2 amide bonds. The van der Waals surface area contributed by atoms with Crippen LogP contribution in [0.1, 0.15) is 32.1 Å². The van der Waals surface area contributed by atoms with Gasteiger partial charge in [0, 0.05) is 26.1 Å². The first-order chi connectivity index (χ1) is 9.20. The molecule has 0 radical (unpaired) electrons. The molecule has 2 aliphatic rings. The summed E-state index contributed by atoms with van der Waals surface area (Å²) in [6.07, 6.45) is 4.75. The van der Waals surface area contributed by atoms with E-state index in [0.717, 1.165) is 51.9 Å². The molecule has 2 saturated heterocycles. The second-order valence-corrected chi connectivity index (χ2v) is 5.65. The molecule has 20 heavy (non-hydrogen) atoms.